The fourth-order valence-corrected chi connectivity index (χ4v) is 1.24. The zero-order valence-electron chi connectivity index (χ0n) is 8.00. The summed E-state index contributed by atoms with van der Waals surface area (Å²) in [6, 6.07) is 0. The monoisotopic (exact) mass is 600 g/mol. The molecule has 0 saturated heterocycles. The van der Waals surface area contributed by atoms with Crippen LogP contribution in [0.25, 0.3) is 0 Å². The Morgan fingerprint density at radius 2 is 1.00 bits per heavy atom. The molecule has 0 fully saturated rings. The van der Waals surface area contributed by atoms with Gasteiger partial charge >= 0.3 is 0 Å². The summed E-state index contributed by atoms with van der Waals surface area (Å²) in [5.41, 5.74) is 0. The maximum atomic E-state index is 5.56. The van der Waals surface area contributed by atoms with Gasteiger partial charge in [-0.25, -0.2) is 0 Å². The number of hydrogen-bond donors (Lipinski definition) is 0. The molecule has 92 valence electrons. The molecule has 0 rings (SSSR count). The molecule has 8 heteroatoms. The van der Waals surface area contributed by atoms with Crippen molar-refractivity contribution in [2.45, 2.75) is 23.9 Å². The van der Waals surface area contributed by atoms with Crippen LogP contribution in [0.15, 0.2) is 0 Å². The SMILES string of the molecule is CC(C)(OCC(Br)(Br)Br)OCC(Br)(Br)Br. The van der Waals surface area contributed by atoms with E-state index in [0.29, 0.717) is 13.2 Å². The van der Waals surface area contributed by atoms with Crippen LogP contribution in [0, 0.1) is 0 Å². The van der Waals surface area contributed by atoms with Gasteiger partial charge in [0.25, 0.3) is 0 Å². The first-order valence-electron chi connectivity index (χ1n) is 3.83. The van der Waals surface area contributed by atoms with Crippen LogP contribution in [0.4, 0.5) is 0 Å². The van der Waals surface area contributed by atoms with Gasteiger partial charge < -0.3 is 9.47 Å². The second kappa shape index (κ2) is 6.82. The molecule has 0 spiro atoms. The van der Waals surface area contributed by atoms with E-state index in [9.17, 15) is 0 Å². The molecular weight excluding hydrogens is 595 g/mol. The molecule has 0 aliphatic heterocycles. The Balaban J connectivity index is 3.98. The largest absolute Gasteiger partial charge is 0.347 e. The third-order valence-electron chi connectivity index (χ3n) is 1.17. The molecule has 0 amide bonds. The van der Waals surface area contributed by atoms with Crippen molar-refractivity contribution in [3.05, 3.63) is 0 Å². The summed E-state index contributed by atoms with van der Waals surface area (Å²) in [6.45, 7) is 4.54. The number of halogens is 6. The maximum absolute atomic E-state index is 5.56. The summed E-state index contributed by atoms with van der Waals surface area (Å²) in [5, 5.41) is 0. The average molecular weight is 606 g/mol. The van der Waals surface area contributed by atoms with Gasteiger partial charge in [-0.05, 0) is 13.8 Å². The highest BCUT2D eigenvalue weighted by Crippen LogP contribution is 2.37. The molecule has 15 heavy (non-hydrogen) atoms. The molecular formula is C7H10Br6O2. The Morgan fingerprint density at radius 1 is 0.733 bits per heavy atom. The van der Waals surface area contributed by atoms with Crippen molar-refractivity contribution in [3.8, 4) is 0 Å². The van der Waals surface area contributed by atoms with Crippen LogP contribution in [0.5, 0.6) is 0 Å². The number of alkyl halides is 6. The Morgan fingerprint density at radius 3 is 1.20 bits per heavy atom. The van der Waals surface area contributed by atoms with Gasteiger partial charge in [-0.1, -0.05) is 95.6 Å². The minimum absolute atomic E-state index is 0.415. The van der Waals surface area contributed by atoms with Crippen molar-refractivity contribution in [1.82, 2.24) is 0 Å². The maximum Gasteiger partial charge on any atom is 0.163 e. The molecule has 0 heterocycles. The van der Waals surface area contributed by atoms with E-state index in [1.807, 2.05) is 13.8 Å². The molecule has 0 saturated carbocycles. The number of ether oxygens (including phenoxy) is 2. The predicted molar refractivity (Wildman–Crippen MR) is 85.0 cm³/mol. The smallest absolute Gasteiger partial charge is 0.163 e. The summed E-state index contributed by atoms with van der Waals surface area (Å²) in [5.74, 6) is -0.666. The van der Waals surface area contributed by atoms with Crippen molar-refractivity contribution >= 4 is 95.6 Å². The van der Waals surface area contributed by atoms with E-state index >= 15 is 0 Å². The zero-order valence-corrected chi connectivity index (χ0v) is 17.5. The van der Waals surface area contributed by atoms with Gasteiger partial charge in [0.15, 0.2) is 10.1 Å². The minimum Gasteiger partial charge on any atom is -0.347 e. The lowest BCUT2D eigenvalue weighted by Crippen LogP contribution is -2.34. The van der Waals surface area contributed by atoms with Crippen molar-refractivity contribution in [2.24, 2.45) is 0 Å². The van der Waals surface area contributed by atoms with E-state index in [1.54, 1.807) is 0 Å². The van der Waals surface area contributed by atoms with Gasteiger partial charge in [0, 0.05) is 0 Å². The van der Waals surface area contributed by atoms with E-state index in [0.717, 1.165) is 0 Å². The van der Waals surface area contributed by atoms with Gasteiger partial charge in [0.2, 0.25) is 0 Å². The van der Waals surface area contributed by atoms with Crippen molar-refractivity contribution in [2.75, 3.05) is 13.2 Å². The summed E-state index contributed by atoms with van der Waals surface area (Å²) in [6.07, 6.45) is 0. The van der Waals surface area contributed by atoms with Gasteiger partial charge in [-0.2, -0.15) is 0 Å². The van der Waals surface area contributed by atoms with E-state index in [1.165, 1.54) is 0 Å². The molecule has 2 nitrogen and oxygen atoms in total. The summed E-state index contributed by atoms with van der Waals surface area (Å²) < 4.78 is 10.3. The molecule has 0 bridgehead atoms. The highest BCUT2D eigenvalue weighted by atomic mass is 80.0. The third-order valence-corrected chi connectivity index (χ3v) is 2.54. The fourth-order valence-electron chi connectivity index (χ4n) is 0.553. The number of hydrogen-bond acceptors (Lipinski definition) is 2. The van der Waals surface area contributed by atoms with Crippen molar-refractivity contribution in [3.63, 3.8) is 0 Å². The van der Waals surface area contributed by atoms with Crippen LogP contribution in [0.3, 0.4) is 0 Å². The van der Waals surface area contributed by atoms with Crippen LogP contribution in [0.2, 0.25) is 0 Å². The second-order valence-electron chi connectivity index (χ2n) is 3.21. The molecule has 0 atom stereocenters. The molecule has 0 N–H and O–H groups in total. The Hall–Kier alpha value is 2.80. The van der Waals surface area contributed by atoms with E-state index in [4.69, 9.17) is 9.47 Å². The quantitative estimate of drug-likeness (QED) is 0.315. The average Bonchev–Trinajstić information content (AvgIpc) is 1.96. The molecule has 0 aliphatic carbocycles. The molecule has 0 aliphatic rings. The van der Waals surface area contributed by atoms with Gasteiger partial charge in [0.05, 0.1) is 13.2 Å². The summed E-state index contributed by atoms with van der Waals surface area (Å²) >= 11 is 20.1. The highest BCUT2D eigenvalue weighted by Gasteiger charge is 2.29. The van der Waals surface area contributed by atoms with E-state index in [2.05, 4.69) is 95.6 Å². The van der Waals surface area contributed by atoms with Crippen LogP contribution < -0.4 is 0 Å². The Labute approximate surface area is 140 Å². The zero-order chi connectivity index (χ0) is 12.3. The van der Waals surface area contributed by atoms with Crippen LogP contribution in [-0.4, -0.2) is 23.3 Å². The standard InChI is InChI=1S/C7H10Br6O2/c1-5(2,14-3-6(8,9)10)15-4-7(11,12)13/h3-4H2,1-2H3. The molecule has 0 aromatic heterocycles. The molecule has 0 aromatic rings. The topological polar surface area (TPSA) is 18.5 Å². The Bertz CT molecular complexity index is 175. The molecule has 0 unspecified atom stereocenters. The van der Waals surface area contributed by atoms with Crippen molar-refractivity contribution < 1.29 is 9.47 Å². The first kappa shape index (κ1) is 17.8. The first-order chi connectivity index (χ1) is 6.41. The van der Waals surface area contributed by atoms with Gasteiger partial charge in [0.1, 0.15) is 0 Å². The normalized spacial score (nSPS) is 14.4. The summed E-state index contributed by atoms with van der Waals surface area (Å²) in [7, 11) is 0. The fraction of sp³-hybridized carbons (Fsp3) is 1.00. The van der Waals surface area contributed by atoms with E-state index < -0.39 is 10.1 Å². The Kier molecular flexibility index (Phi) is 8.09. The molecule has 0 aromatic carbocycles. The first-order valence-corrected chi connectivity index (χ1v) is 8.58. The predicted octanol–water partition coefficient (Wildman–Crippen LogP) is 5.43. The van der Waals surface area contributed by atoms with Crippen LogP contribution in [-0.2, 0) is 9.47 Å². The van der Waals surface area contributed by atoms with Gasteiger partial charge in [-0.3, -0.25) is 0 Å². The summed E-state index contributed by atoms with van der Waals surface area (Å²) in [4.78, 5) is 0. The number of rotatable bonds is 4. The third kappa shape index (κ3) is 13.0. The second-order valence-corrected chi connectivity index (χ2v) is 17.7. The van der Waals surface area contributed by atoms with Crippen molar-refractivity contribution in [1.29, 1.82) is 0 Å². The highest BCUT2D eigenvalue weighted by molar-refractivity contribution is 9.39. The lowest BCUT2D eigenvalue weighted by Gasteiger charge is -2.29. The van der Waals surface area contributed by atoms with E-state index in [-0.39, 0.29) is 0 Å². The van der Waals surface area contributed by atoms with Crippen LogP contribution in [0.1, 0.15) is 13.8 Å². The molecule has 0 radical (unpaired) electrons. The van der Waals surface area contributed by atoms with Crippen LogP contribution >= 0.6 is 95.6 Å². The lowest BCUT2D eigenvalue weighted by atomic mass is 10.4. The van der Waals surface area contributed by atoms with Gasteiger partial charge in [-0.15, -0.1) is 0 Å². The minimum atomic E-state index is -0.666. The lowest BCUT2D eigenvalue weighted by molar-refractivity contribution is -0.209.